The van der Waals surface area contributed by atoms with E-state index in [1.165, 1.54) is 22.0 Å². The van der Waals surface area contributed by atoms with E-state index in [9.17, 15) is 0 Å². The van der Waals surface area contributed by atoms with Gasteiger partial charge < -0.3 is 4.74 Å². The first-order chi connectivity index (χ1) is 10.3. The standard InChI is InChI=1S/C18H20N2O/c1-14-7-5-8-15(2)18(14)21-12-6-11-20-17-10-4-3-9-16(17)13-19-20/h3-5,7-10,13H,6,11-12H2,1-2H3. The number of rotatable bonds is 5. The van der Waals surface area contributed by atoms with Gasteiger partial charge in [-0.2, -0.15) is 5.10 Å². The second kappa shape index (κ2) is 6.00. The van der Waals surface area contributed by atoms with Crippen molar-refractivity contribution in [2.45, 2.75) is 26.8 Å². The van der Waals surface area contributed by atoms with Crippen molar-refractivity contribution in [3.05, 3.63) is 59.8 Å². The van der Waals surface area contributed by atoms with Crippen LogP contribution in [0.25, 0.3) is 10.9 Å². The molecule has 3 rings (SSSR count). The maximum absolute atomic E-state index is 5.94. The van der Waals surface area contributed by atoms with E-state index in [4.69, 9.17) is 4.74 Å². The maximum Gasteiger partial charge on any atom is 0.125 e. The van der Waals surface area contributed by atoms with Gasteiger partial charge in [-0.05, 0) is 31.0 Å². The van der Waals surface area contributed by atoms with Crippen LogP contribution < -0.4 is 4.74 Å². The van der Waals surface area contributed by atoms with Crippen LogP contribution in [0.4, 0.5) is 0 Å². The van der Waals surface area contributed by atoms with Crippen molar-refractivity contribution in [1.82, 2.24) is 9.78 Å². The topological polar surface area (TPSA) is 27.1 Å². The molecule has 0 saturated heterocycles. The van der Waals surface area contributed by atoms with E-state index in [0.29, 0.717) is 6.61 Å². The number of benzene rings is 2. The van der Waals surface area contributed by atoms with Crippen molar-refractivity contribution >= 4 is 10.9 Å². The van der Waals surface area contributed by atoms with Crippen LogP contribution in [0.5, 0.6) is 5.75 Å². The van der Waals surface area contributed by atoms with E-state index in [2.05, 4.69) is 49.3 Å². The highest BCUT2D eigenvalue weighted by Crippen LogP contribution is 2.22. The Hall–Kier alpha value is -2.29. The van der Waals surface area contributed by atoms with Gasteiger partial charge in [0, 0.05) is 18.4 Å². The first-order valence-corrected chi connectivity index (χ1v) is 7.35. The highest BCUT2D eigenvalue weighted by Gasteiger charge is 2.04. The molecule has 0 saturated carbocycles. The van der Waals surface area contributed by atoms with Crippen LogP contribution in [0.3, 0.4) is 0 Å². The highest BCUT2D eigenvalue weighted by molar-refractivity contribution is 5.78. The average Bonchev–Trinajstić information content (AvgIpc) is 2.89. The summed E-state index contributed by atoms with van der Waals surface area (Å²) in [5.74, 6) is 1.02. The van der Waals surface area contributed by atoms with Crippen molar-refractivity contribution in [3.8, 4) is 5.75 Å². The van der Waals surface area contributed by atoms with E-state index in [-0.39, 0.29) is 0 Å². The summed E-state index contributed by atoms with van der Waals surface area (Å²) in [4.78, 5) is 0. The molecule has 2 aromatic carbocycles. The summed E-state index contributed by atoms with van der Waals surface area (Å²) in [6, 6.07) is 14.5. The van der Waals surface area contributed by atoms with Gasteiger partial charge in [0.05, 0.1) is 18.3 Å². The van der Waals surface area contributed by atoms with Gasteiger partial charge >= 0.3 is 0 Å². The third-order valence-electron chi connectivity index (χ3n) is 3.72. The predicted octanol–water partition coefficient (Wildman–Crippen LogP) is 4.12. The third kappa shape index (κ3) is 2.92. The quantitative estimate of drug-likeness (QED) is 0.657. The van der Waals surface area contributed by atoms with Crippen LogP contribution in [0.15, 0.2) is 48.7 Å². The summed E-state index contributed by atoms with van der Waals surface area (Å²) in [5.41, 5.74) is 3.57. The number of fused-ring (bicyclic) bond motifs is 1. The van der Waals surface area contributed by atoms with Crippen LogP contribution in [-0.2, 0) is 6.54 Å². The summed E-state index contributed by atoms with van der Waals surface area (Å²) in [6.07, 6.45) is 2.86. The molecule has 3 aromatic rings. The molecule has 0 bridgehead atoms. The normalized spacial score (nSPS) is 11.0. The zero-order valence-corrected chi connectivity index (χ0v) is 12.5. The molecule has 108 valence electrons. The Bertz CT molecular complexity index is 726. The second-order valence-corrected chi connectivity index (χ2v) is 5.35. The lowest BCUT2D eigenvalue weighted by molar-refractivity contribution is 0.296. The minimum atomic E-state index is 0.708. The van der Waals surface area contributed by atoms with Gasteiger partial charge in [0.15, 0.2) is 0 Å². The molecule has 0 fully saturated rings. The molecule has 0 N–H and O–H groups in total. The van der Waals surface area contributed by atoms with Crippen LogP contribution in [0.2, 0.25) is 0 Å². The molecule has 0 unspecified atom stereocenters. The van der Waals surface area contributed by atoms with Gasteiger partial charge in [-0.25, -0.2) is 0 Å². The summed E-state index contributed by atoms with van der Waals surface area (Å²) in [6.45, 7) is 5.75. The molecule has 1 heterocycles. The van der Waals surface area contributed by atoms with E-state index in [0.717, 1.165) is 18.7 Å². The molecular formula is C18H20N2O. The van der Waals surface area contributed by atoms with Crippen molar-refractivity contribution in [1.29, 1.82) is 0 Å². The Morgan fingerprint density at radius 3 is 2.57 bits per heavy atom. The fourth-order valence-electron chi connectivity index (χ4n) is 2.62. The Morgan fingerprint density at radius 1 is 1.00 bits per heavy atom. The van der Waals surface area contributed by atoms with Crippen molar-refractivity contribution < 1.29 is 4.74 Å². The second-order valence-electron chi connectivity index (χ2n) is 5.35. The largest absolute Gasteiger partial charge is 0.493 e. The Balaban J connectivity index is 1.59. The van der Waals surface area contributed by atoms with Crippen molar-refractivity contribution in [2.24, 2.45) is 0 Å². The van der Waals surface area contributed by atoms with Crippen LogP contribution in [0, 0.1) is 13.8 Å². The summed E-state index contributed by atoms with van der Waals surface area (Å²) < 4.78 is 7.98. The Morgan fingerprint density at radius 2 is 1.76 bits per heavy atom. The average molecular weight is 280 g/mol. The molecule has 3 heteroatoms. The lowest BCUT2D eigenvalue weighted by atomic mass is 10.1. The number of hydrogen-bond acceptors (Lipinski definition) is 2. The number of ether oxygens (including phenoxy) is 1. The molecule has 0 aliphatic heterocycles. The van der Waals surface area contributed by atoms with Crippen molar-refractivity contribution in [3.63, 3.8) is 0 Å². The van der Waals surface area contributed by atoms with E-state index < -0.39 is 0 Å². The highest BCUT2D eigenvalue weighted by atomic mass is 16.5. The summed E-state index contributed by atoms with van der Waals surface area (Å²) >= 11 is 0. The SMILES string of the molecule is Cc1cccc(C)c1OCCCn1ncc2ccccc21. The Labute approximate surface area is 125 Å². The minimum absolute atomic E-state index is 0.708. The molecular weight excluding hydrogens is 260 g/mol. The number of hydrogen-bond donors (Lipinski definition) is 0. The fourth-order valence-corrected chi connectivity index (χ4v) is 2.62. The zero-order valence-electron chi connectivity index (χ0n) is 12.5. The van der Waals surface area contributed by atoms with Gasteiger partial charge in [0.1, 0.15) is 5.75 Å². The zero-order chi connectivity index (χ0) is 14.7. The lowest BCUT2D eigenvalue weighted by Crippen LogP contribution is -2.06. The molecule has 1 aromatic heterocycles. The van der Waals surface area contributed by atoms with Crippen LogP contribution in [-0.4, -0.2) is 16.4 Å². The molecule has 0 aliphatic rings. The van der Waals surface area contributed by atoms with Gasteiger partial charge in [-0.1, -0.05) is 36.4 Å². The molecule has 0 atom stereocenters. The lowest BCUT2D eigenvalue weighted by Gasteiger charge is -2.12. The predicted molar refractivity (Wildman–Crippen MR) is 85.8 cm³/mol. The van der Waals surface area contributed by atoms with Crippen LogP contribution in [0.1, 0.15) is 17.5 Å². The fraction of sp³-hybridized carbons (Fsp3) is 0.278. The molecule has 21 heavy (non-hydrogen) atoms. The summed E-state index contributed by atoms with van der Waals surface area (Å²) in [7, 11) is 0. The molecule has 0 radical (unpaired) electrons. The minimum Gasteiger partial charge on any atom is -0.493 e. The number of nitrogens with zero attached hydrogens (tertiary/aromatic N) is 2. The first-order valence-electron chi connectivity index (χ1n) is 7.35. The van der Waals surface area contributed by atoms with Gasteiger partial charge in [0.25, 0.3) is 0 Å². The number of aromatic nitrogens is 2. The number of aryl methyl sites for hydroxylation is 3. The van der Waals surface area contributed by atoms with Crippen molar-refractivity contribution in [2.75, 3.05) is 6.61 Å². The van der Waals surface area contributed by atoms with E-state index >= 15 is 0 Å². The molecule has 3 nitrogen and oxygen atoms in total. The number of para-hydroxylation sites is 2. The maximum atomic E-state index is 5.94. The van der Waals surface area contributed by atoms with Gasteiger partial charge in [-0.3, -0.25) is 4.68 Å². The summed E-state index contributed by atoms with van der Waals surface area (Å²) in [5, 5.41) is 5.62. The van der Waals surface area contributed by atoms with E-state index in [1.807, 2.05) is 23.0 Å². The molecule has 0 aliphatic carbocycles. The monoisotopic (exact) mass is 280 g/mol. The van der Waals surface area contributed by atoms with Crippen LogP contribution >= 0.6 is 0 Å². The first kappa shape index (κ1) is 13.7. The smallest absolute Gasteiger partial charge is 0.125 e. The van der Waals surface area contributed by atoms with E-state index in [1.54, 1.807) is 0 Å². The molecule has 0 spiro atoms. The third-order valence-corrected chi connectivity index (χ3v) is 3.72. The van der Waals surface area contributed by atoms with Gasteiger partial charge in [0.2, 0.25) is 0 Å². The Kier molecular flexibility index (Phi) is 3.91. The van der Waals surface area contributed by atoms with Gasteiger partial charge in [-0.15, -0.1) is 0 Å². The molecule has 0 amide bonds.